The summed E-state index contributed by atoms with van der Waals surface area (Å²) in [5.74, 6) is -4.53. The quantitative estimate of drug-likeness (QED) is 0.841. The van der Waals surface area contributed by atoms with Crippen LogP contribution in [0.25, 0.3) is 0 Å². The van der Waals surface area contributed by atoms with Gasteiger partial charge in [0.05, 0.1) is 17.0 Å². The summed E-state index contributed by atoms with van der Waals surface area (Å²) in [6.45, 7) is 0. The van der Waals surface area contributed by atoms with Crippen molar-refractivity contribution >= 4 is 21.5 Å². The van der Waals surface area contributed by atoms with Crippen LogP contribution in [0.1, 0.15) is 25.7 Å². The summed E-state index contributed by atoms with van der Waals surface area (Å²) >= 11 is 0. The van der Waals surface area contributed by atoms with Crippen LogP contribution < -0.4 is 5.32 Å². The van der Waals surface area contributed by atoms with Gasteiger partial charge < -0.3 is 10.4 Å². The van der Waals surface area contributed by atoms with Gasteiger partial charge >= 0.3 is 11.7 Å². The fourth-order valence-electron chi connectivity index (χ4n) is 2.44. The van der Waals surface area contributed by atoms with Gasteiger partial charge in [-0.3, -0.25) is 4.79 Å². The third-order valence-corrected chi connectivity index (χ3v) is 5.07. The van der Waals surface area contributed by atoms with Crippen molar-refractivity contribution in [1.82, 2.24) is 0 Å². The molecular formula is C13H15F2NO4S. The van der Waals surface area contributed by atoms with E-state index in [1.165, 1.54) is 18.2 Å². The molecule has 1 aliphatic carbocycles. The number of carbonyl (C=O) groups is 1. The molecule has 0 atom stereocenters. The van der Waals surface area contributed by atoms with Crippen molar-refractivity contribution in [3.05, 3.63) is 24.3 Å². The molecule has 5 nitrogen and oxygen atoms in total. The molecule has 1 aromatic carbocycles. The summed E-state index contributed by atoms with van der Waals surface area (Å²) in [6, 6.07) is 5.33. The molecule has 0 spiro atoms. The fraction of sp³-hybridized carbons (Fsp3) is 0.462. The van der Waals surface area contributed by atoms with E-state index in [9.17, 15) is 22.0 Å². The first-order valence-corrected chi connectivity index (χ1v) is 7.93. The number of hydrogen-bond donors (Lipinski definition) is 2. The van der Waals surface area contributed by atoms with Gasteiger partial charge in [0.25, 0.3) is 0 Å². The number of halogens is 2. The molecule has 0 heterocycles. The van der Waals surface area contributed by atoms with Gasteiger partial charge in [-0.1, -0.05) is 12.1 Å². The average molecular weight is 319 g/mol. The highest BCUT2D eigenvalue weighted by molar-refractivity contribution is 7.91. The lowest BCUT2D eigenvalue weighted by Gasteiger charge is -2.42. The number of aliphatic carboxylic acids is 1. The number of nitrogens with one attached hydrogen (secondary N) is 1. The monoisotopic (exact) mass is 319 g/mol. The maximum Gasteiger partial charge on any atom is 0.341 e. The molecule has 8 heteroatoms. The van der Waals surface area contributed by atoms with Crippen LogP contribution in [0.15, 0.2) is 29.2 Å². The number of benzene rings is 1. The fourth-order valence-corrected chi connectivity index (χ4v) is 3.32. The summed E-state index contributed by atoms with van der Waals surface area (Å²) in [7, 11) is -4.74. The zero-order valence-electron chi connectivity index (χ0n) is 11.1. The average Bonchev–Trinajstić information content (AvgIpc) is 2.35. The van der Waals surface area contributed by atoms with Crippen LogP contribution in [0, 0.1) is 0 Å². The molecule has 0 bridgehead atoms. The SMILES string of the molecule is O=C(O)CC1(Nc2ccccc2S(=O)(=O)C(F)F)CCC1. The summed E-state index contributed by atoms with van der Waals surface area (Å²) in [5, 5.41) is 11.8. The van der Waals surface area contributed by atoms with Crippen molar-refractivity contribution in [2.45, 2.75) is 41.9 Å². The minimum atomic E-state index is -4.74. The molecule has 1 saturated carbocycles. The van der Waals surface area contributed by atoms with Crippen LogP contribution in [0.3, 0.4) is 0 Å². The second kappa shape index (κ2) is 5.59. The topological polar surface area (TPSA) is 83.5 Å². The van der Waals surface area contributed by atoms with Crippen molar-refractivity contribution in [1.29, 1.82) is 0 Å². The van der Waals surface area contributed by atoms with Crippen LogP contribution in [0.2, 0.25) is 0 Å². The third kappa shape index (κ3) is 3.15. The normalized spacial score (nSPS) is 17.3. The first-order valence-electron chi connectivity index (χ1n) is 6.38. The molecule has 21 heavy (non-hydrogen) atoms. The summed E-state index contributed by atoms with van der Waals surface area (Å²) < 4.78 is 48.7. The Kier molecular flexibility index (Phi) is 4.18. The van der Waals surface area contributed by atoms with E-state index >= 15 is 0 Å². The number of hydrogen-bond acceptors (Lipinski definition) is 4. The predicted molar refractivity (Wildman–Crippen MR) is 72.1 cm³/mol. The summed E-state index contributed by atoms with van der Waals surface area (Å²) in [4.78, 5) is 10.4. The second-order valence-corrected chi connectivity index (χ2v) is 7.02. The molecule has 116 valence electrons. The van der Waals surface area contributed by atoms with E-state index in [2.05, 4.69) is 5.32 Å². The Morgan fingerprint density at radius 3 is 2.43 bits per heavy atom. The Bertz CT molecular complexity index is 641. The molecule has 1 fully saturated rings. The van der Waals surface area contributed by atoms with Gasteiger partial charge in [-0.2, -0.15) is 8.78 Å². The number of para-hydroxylation sites is 1. The smallest absolute Gasteiger partial charge is 0.341 e. The minimum absolute atomic E-state index is 0.0266. The van der Waals surface area contributed by atoms with Crippen LogP contribution >= 0.6 is 0 Å². The van der Waals surface area contributed by atoms with Crippen LogP contribution in [0.5, 0.6) is 0 Å². The third-order valence-electron chi connectivity index (χ3n) is 3.63. The molecule has 1 aliphatic rings. The Labute approximate surface area is 120 Å². The highest BCUT2D eigenvalue weighted by Crippen LogP contribution is 2.40. The number of carboxylic acids is 1. The predicted octanol–water partition coefficient (Wildman–Crippen LogP) is 2.49. The number of sulfone groups is 1. The van der Waals surface area contributed by atoms with Gasteiger partial charge in [0.1, 0.15) is 0 Å². The first-order chi connectivity index (χ1) is 9.77. The van der Waals surface area contributed by atoms with Crippen molar-refractivity contribution in [3.8, 4) is 0 Å². The Morgan fingerprint density at radius 1 is 1.33 bits per heavy atom. The zero-order chi connectivity index (χ0) is 15.7. The molecule has 0 unspecified atom stereocenters. The molecule has 0 radical (unpaired) electrons. The highest BCUT2D eigenvalue weighted by atomic mass is 32.2. The Balaban J connectivity index is 2.35. The van der Waals surface area contributed by atoms with Gasteiger partial charge in [0, 0.05) is 5.54 Å². The number of carboxylic acid groups (broad SMARTS) is 1. The van der Waals surface area contributed by atoms with Gasteiger partial charge in [-0.05, 0) is 31.4 Å². The summed E-state index contributed by atoms with van der Waals surface area (Å²) in [6.07, 6.45) is 1.74. The Morgan fingerprint density at radius 2 is 1.95 bits per heavy atom. The molecule has 2 rings (SSSR count). The number of alkyl halides is 2. The standard InChI is InChI=1S/C13H15F2NO4S/c14-12(15)21(19,20)10-5-2-1-4-9(10)16-13(6-3-7-13)8-11(17)18/h1-2,4-5,12,16H,3,6-8H2,(H,17,18). The first kappa shape index (κ1) is 15.7. The van der Waals surface area contributed by atoms with E-state index in [0.29, 0.717) is 12.8 Å². The molecule has 0 amide bonds. The molecule has 0 saturated heterocycles. The van der Waals surface area contributed by atoms with Gasteiger partial charge in [0.15, 0.2) is 0 Å². The summed E-state index contributed by atoms with van der Waals surface area (Å²) in [5.41, 5.74) is -0.738. The minimum Gasteiger partial charge on any atom is -0.481 e. The van der Waals surface area contributed by atoms with Crippen LogP contribution in [0.4, 0.5) is 14.5 Å². The molecule has 1 aromatic rings. The van der Waals surface area contributed by atoms with E-state index in [0.717, 1.165) is 12.5 Å². The molecule has 0 aromatic heterocycles. The van der Waals surface area contributed by atoms with E-state index in [1.807, 2.05) is 0 Å². The Hall–Kier alpha value is -1.70. The van der Waals surface area contributed by atoms with E-state index in [1.54, 1.807) is 0 Å². The van der Waals surface area contributed by atoms with Gasteiger partial charge in [-0.25, -0.2) is 8.42 Å². The number of anilines is 1. The maximum absolute atomic E-state index is 12.7. The van der Waals surface area contributed by atoms with Crippen LogP contribution in [-0.2, 0) is 14.6 Å². The van der Waals surface area contributed by atoms with E-state index in [-0.39, 0.29) is 12.1 Å². The van der Waals surface area contributed by atoms with Crippen molar-refractivity contribution in [3.63, 3.8) is 0 Å². The lowest BCUT2D eigenvalue weighted by atomic mass is 9.74. The molecule has 2 N–H and O–H groups in total. The van der Waals surface area contributed by atoms with Gasteiger partial charge in [0.2, 0.25) is 9.84 Å². The van der Waals surface area contributed by atoms with Crippen molar-refractivity contribution in [2.24, 2.45) is 0 Å². The lowest BCUT2D eigenvalue weighted by molar-refractivity contribution is -0.138. The second-order valence-electron chi connectivity index (χ2n) is 5.13. The molecule has 0 aliphatic heterocycles. The maximum atomic E-state index is 12.7. The van der Waals surface area contributed by atoms with E-state index in [4.69, 9.17) is 5.11 Å². The lowest BCUT2D eigenvalue weighted by Crippen LogP contribution is -2.47. The molecular weight excluding hydrogens is 304 g/mol. The zero-order valence-corrected chi connectivity index (χ0v) is 11.9. The van der Waals surface area contributed by atoms with Gasteiger partial charge in [-0.15, -0.1) is 0 Å². The highest BCUT2D eigenvalue weighted by Gasteiger charge is 2.40. The largest absolute Gasteiger partial charge is 0.481 e. The van der Waals surface area contributed by atoms with E-state index < -0.39 is 32.0 Å². The number of rotatable bonds is 6. The van der Waals surface area contributed by atoms with Crippen molar-refractivity contribution < 1.29 is 27.1 Å². The van der Waals surface area contributed by atoms with Crippen LogP contribution in [-0.4, -0.2) is 30.8 Å². The van der Waals surface area contributed by atoms with Crippen molar-refractivity contribution in [2.75, 3.05) is 5.32 Å².